The van der Waals surface area contributed by atoms with E-state index in [1.54, 1.807) is 0 Å². The topological polar surface area (TPSA) is 41.6 Å². The van der Waals surface area contributed by atoms with Crippen LogP contribution in [0.3, 0.4) is 0 Å². The first-order valence-corrected chi connectivity index (χ1v) is 4.97. The Kier molecular flexibility index (Phi) is 1.92. The molecule has 1 N–H and O–H groups in total. The molecule has 0 unspecified atom stereocenters. The SMILES string of the molecule is COC(=O)N1CCSC12CNC2. The molecule has 0 radical (unpaired) electrons. The molecule has 2 fully saturated rings. The summed E-state index contributed by atoms with van der Waals surface area (Å²) in [6.07, 6.45) is -0.193. The average Bonchev–Trinajstić information content (AvgIpc) is 2.45. The Hall–Kier alpha value is -0.420. The van der Waals surface area contributed by atoms with Crippen LogP contribution in [-0.4, -0.2) is 48.4 Å². The van der Waals surface area contributed by atoms with Gasteiger partial charge in [-0.05, 0) is 0 Å². The van der Waals surface area contributed by atoms with Crippen molar-refractivity contribution in [3.63, 3.8) is 0 Å². The van der Waals surface area contributed by atoms with Crippen molar-refractivity contribution in [2.24, 2.45) is 0 Å². The number of nitrogens with zero attached hydrogens (tertiary/aromatic N) is 1. The second-order valence-electron chi connectivity index (χ2n) is 3.02. The maximum absolute atomic E-state index is 11.3. The summed E-state index contributed by atoms with van der Waals surface area (Å²) in [5, 5.41) is 3.18. The molecular weight excluding hydrogens is 176 g/mol. The summed E-state index contributed by atoms with van der Waals surface area (Å²) in [6.45, 7) is 2.61. The molecular formula is C7H12N2O2S. The fourth-order valence-electron chi connectivity index (χ4n) is 1.61. The van der Waals surface area contributed by atoms with Gasteiger partial charge < -0.3 is 10.1 Å². The van der Waals surface area contributed by atoms with Crippen LogP contribution in [0.2, 0.25) is 0 Å². The molecule has 0 bridgehead atoms. The number of thioether (sulfide) groups is 1. The van der Waals surface area contributed by atoms with Gasteiger partial charge in [-0.2, -0.15) is 0 Å². The van der Waals surface area contributed by atoms with Crippen molar-refractivity contribution in [2.75, 3.05) is 32.5 Å². The van der Waals surface area contributed by atoms with Crippen molar-refractivity contribution < 1.29 is 9.53 Å². The van der Waals surface area contributed by atoms with Gasteiger partial charge in [-0.1, -0.05) is 0 Å². The zero-order valence-corrected chi connectivity index (χ0v) is 7.82. The van der Waals surface area contributed by atoms with Crippen LogP contribution in [0.15, 0.2) is 0 Å². The molecule has 0 aliphatic carbocycles. The predicted molar refractivity (Wildman–Crippen MR) is 47.2 cm³/mol. The summed E-state index contributed by atoms with van der Waals surface area (Å²) in [6, 6.07) is 0. The second-order valence-corrected chi connectivity index (χ2v) is 4.48. The van der Waals surface area contributed by atoms with E-state index in [0.29, 0.717) is 0 Å². The third-order valence-electron chi connectivity index (χ3n) is 2.38. The first-order valence-electron chi connectivity index (χ1n) is 3.99. The van der Waals surface area contributed by atoms with Gasteiger partial charge in [0.25, 0.3) is 0 Å². The lowest BCUT2D eigenvalue weighted by Gasteiger charge is -2.44. The van der Waals surface area contributed by atoms with Crippen LogP contribution in [0.4, 0.5) is 4.79 Å². The molecule has 2 aliphatic heterocycles. The van der Waals surface area contributed by atoms with Gasteiger partial charge in [0.2, 0.25) is 0 Å². The van der Waals surface area contributed by atoms with Crippen LogP contribution in [-0.2, 0) is 4.74 Å². The van der Waals surface area contributed by atoms with Crippen molar-refractivity contribution in [1.82, 2.24) is 10.2 Å². The van der Waals surface area contributed by atoms with E-state index in [1.165, 1.54) is 7.11 Å². The smallest absolute Gasteiger partial charge is 0.410 e. The number of carbonyl (C=O) groups is 1. The molecule has 5 heteroatoms. The molecule has 2 saturated heterocycles. The number of ether oxygens (including phenoxy) is 1. The summed E-state index contributed by atoms with van der Waals surface area (Å²) in [5.41, 5.74) is 0. The molecule has 4 nitrogen and oxygen atoms in total. The molecule has 2 heterocycles. The van der Waals surface area contributed by atoms with Gasteiger partial charge >= 0.3 is 6.09 Å². The summed E-state index contributed by atoms with van der Waals surface area (Å²) in [7, 11) is 1.44. The van der Waals surface area contributed by atoms with Gasteiger partial charge in [-0.25, -0.2) is 4.79 Å². The van der Waals surface area contributed by atoms with Gasteiger partial charge in [-0.3, -0.25) is 4.90 Å². The number of carbonyl (C=O) groups excluding carboxylic acids is 1. The van der Waals surface area contributed by atoms with Crippen molar-refractivity contribution in [1.29, 1.82) is 0 Å². The van der Waals surface area contributed by atoms with Crippen molar-refractivity contribution in [3.8, 4) is 0 Å². The van der Waals surface area contributed by atoms with Gasteiger partial charge in [0.15, 0.2) is 0 Å². The van der Waals surface area contributed by atoms with Crippen molar-refractivity contribution in [2.45, 2.75) is 4.87 Å². The highest BCUT2D eigenvalue weighted by atomic mass is 32.2. The molecule has 0 aromatic rings. The van der Waals surface area contributed by atoms with Gasteiger partial charge in [0.1, 0.15) is 4.87 Å². The zero-order chi connectivity index (χ0) is 8.60. The van der Waals surface area contributed by atoms with E-state index in [9.17, 15) is 4.79 Å². The van der Waals surface area contributed by atoms with E-state index < -0.39 is 0 Å². The van der Waals surface area contributed by atoms with E-state index >= 15 is 0 Å². The second kappa shape index (κ2) is 2.81. The maximum Gasteiger partial charge on any atom is 0.410 e. The summed E-state index contributed by atoms with van der Waals surface area (Å²) < 4.78 is 4.71. The van der Waals surface area contributed by atoms with E-state index in [1.807, 2.05) is 16.7 Å². The summed E-state index contributed by atoms with van der Waals surface area (Å²) in [4.78, 5) is 13.1. The molecule has 0 aromatic heterocycles. The molecule has 2 rings (SSSR count). The largest absolute Gasteiger partial charge is 0.453 e. The monoisotopic (exact) mass is 188 g/mol. The lowest BCUT2D eigenvalue weighted by Crippen LogP contribution is -2.65. The maximum atomic E-state index is 11.3. The number of rotatable bonds is 0. The van der Waals surface area contributed by atoms with Crippen LogP contribution in [0, 0.1) is 0 Å². The van der Waals surface area contributed by atoms with Crippen LogP contribution < -0.4 is 5.32 Å². The first kappa shape index (κ1) is 8.19. The fraction of sp³-hybridized carbons (Fsp3) is 0.857. The molecule has 1 spiro atoms. The Morgan fingerprint density at radius 1 is 1.67 bits per heavy atom. The van der Waals surface area contributed by atoms with E-state index in [2.05, 4.69) is 5.32 Å². The first-order chi connectivity index (χ1) is 5.78. The lowest BCUT2D eigenvalue weighted by molar-refractivity contribution is 0.0869. The Bertz CT molecular complexity index is 206. The Morgan fingerprint density at radius 2 is 2.42 bits per heavy atom. The number of amides is 1. The van der Waals surface area contributed by atoms with Crippen LogP contribution in [0.25, 0.3) is 0 Å². The number of nitrogens with one attached hydrogen (secondary N) is 1. The molecule has 1 amide bonds. The zero-order valence-electron chi connectivity index (χ0n) is 7.00. The number of hydrogen-bond donors (Lipinski definition) is 1. The highest BCUT2D eigenvalue weighted by molar-refractivity contribution is 8.01. The van der Waals surface area contributed by atoms with E-state index in [0.717, 1.165) is 25.4 Å². The van der Waals surface area contributed by atoms with Crippen LogP contribution in [0.1, 0.15) is 0 Å². The minimum atomic E-state index is -0.193. The van der Waals surface area contributed by atoms with E-state index in [4.69, 9.17) is 4.74 Å². The fourth-order valence-corrected chi connectivity index (χ4v) is 2.99. The number of methoxy groups -OCH3 is 1. The minimum Gasteiger partial charge on any atom is -0.453 e. The summed E-state index contributed by atoms with van der Waals surface area (Å²) in [5.74, 6) is 1.02. The molecule has 0 atom stereocenters. The highest BCUT2D eigenvalue weighted by Gasteiger charge is 2.49. The quantitative estimate of drug-likeness (QED) is 0.585. The Balaban J connectivity index is 2.09. The standard InChI is InChI=1S/C7H12N2O2S/c1-11-6(10)9-2-3-12-7(9)4-8-5-7/h8H,2-5H2,1H3. The number of hydrogen-bond acceptors (Lipinski definition) is 4. The van der Waals surface area contributed by atoms with E-state index in [-0.39, 0.29) is 11.0 Å². The molecule has 12 heavy (non-hydrogen) atoms. The van der Waals surface area contributed by atoms with Crippen molar-refractivity contribution in [3.05, 3.63) is 0 Å². The molecule has 0 aromatic carbocycles. The molecule has 0 saturated carbocycles. The Morgan fingerprint density at radius 3 is 2.92 bits per heavy atom. The average molecular weight is 188 g/mol. The van der Waals surface area contributed by atoms with Gasteiger partial charge in [0, 0.05) is 25.4 Å². The van der Waals surface area contributed by atoms with Crippen molar-refractivity contribution >= 4 is 17.9 Å². The lowest BCUT2D eigenvalue weighted by atomic mass is 10.1. The van der Waals surface area contributed by atoms with Gasteiger partial charge in [0.05, 0.1) is 7.11 Å². The third-order valence-corrected chi connectivity index (χ3v) is 3.81. The predicted octanol–water partition coefficient (Wildman–Crippen LogP) is 0.101. The van der Waals surface area contributed by atoms with Gasteiger partial charge in [-0.15, -0.1) is 11.8 Å². The minimum absolute atomic E-state index is 0.0209. The summed E-state index contributed by atoms with van der Waals surface area (Å²) >= 11 is 1.85. The third kappa shape index (κ3) is 0.998. The Labute approximate surface area is 75.6 Å². The molecule has 2 aliphatic rings. The normalized spacial score (nSPS) is 25.6. The highest BCUT2D eigenvalue weighted by Crippen LogP contribution is 2.38. The van der Waals surface area contributed by atoms with Crippen LogP contribution in [0.5, 0.6) is 0 Å². The van der Waals surface area contributed by atoms with Crippen LogP contribution >= 0.6 is 11.8 Å². The molecule has 68 valence electrons.